The molecule has 0 atom stereocenters. The highest BCUT2D eigenvalue weighted by molar-refractivity contribution is 5.29. The number of unbranched alkanes of at least 4 members (excludes halogenated alkanes) is 1. The van der Waals surface area contributed by atoms with Crippen molar-refractivity contribution in [3.05, 3.63) is 29.8 Å². The van der Waals surface area contributed by atoms with Crippen LogP contribution in [-0.2, 0) is 9.47 Å². The maximum absolute atomic E-state index is 5.84. The molecule has 0 amide bonds. The highest BCUT2D eigenvalue weighted by Crippen LogP contribution is 2.30. The predicted molar refractivity (Wildman–Crippen MR) is 80.2 cm³/mol. The smallest absolute Gasteiger partial charge is 0.165 e. The summed E-state index contributed by atoms with van der Waals surface area (Å²) >= 11 is 0. The summed E-state index contributed by atoms with van der Waals surface area (Å²) in [5.74, 6) is 0.859. The van der Waals surface area contributed by atoms with Gasteiger partial charge in [0, 0.05) is 5.92 Å². The predicted octanol–water partition coefficient (Wildman–Crippen LogP) is 4.12. The first-order valence-electron chi connectivity index (χ1n) is 7.67. The lowest BCUT2D eigenvalue weighted by Crippen LogP contribution is -2.40. The van der Waals surface area contributed by atoms with Crippen LogP contribution in [-0.4, -0.2) is 25.6 Å². The Morgan fingerprint density at radius 1 is 1.15 bits per heavy atom. The summed E-state index contributed by atoms with van der Waals surface area (Å²) in [5.41, 5.74) is 1.26. The van der Waals surface area contributed by atoms with Crippen LogP contribution < -0.4 is 4.74 Å². The van der Waals surface area contributed by atoms with E-state index < -0.39 is 5.79 Å². The zero-order chi connectivity index (χ0) is 14.4. The van der Waals surface area contributed by atoms with E-state index in [0.717, 1.165) is 44.8 Å². The van der Waals surface area contributed by atoms with Crippen LogP contribution in [0.1, 0.15) is 51.5 Å². The van der Waals surface area contributed by atoms with Crippen molar-refractivity contribution in [2.24, 2.45) is 0 Å². The Morgan fingerprint density at radius 2 is 1.80 bits per heavy atom. The van der Waals surface area contributed by atoms with Gasteiger partial charge in [-0.15, -0.1) is 0 Å². The third-order valence-corrected chi connectivity index (χ3v) is 3.94. The van der Waals surface area contributed by atoms with Crippen molar-refractivity contribution in [3.63, 3.8) is 0 Å². The van der Waals surface area contributed by atoms with Gasteiger partial charge in [-0.1, -0.05) is 32.4 Å². The summed E-state index contributed by atoms with van der Waals surface area (Å²) in [4.78, 5) is 0. The summed E-state index contributed by atoms with van der Waals surface area (Å²) in [6.07, 6.45) is 3.14. The Hall–Kier alpha value is -1.06. The van der Waals surface area contributed by atoms with Crippen molar-refractivity contribution in [2.45, 2.75) is 51.7 Å². The van der Waals surface area contributed by atoms with Crippen molar-refractivity contribution in [1.29, 1.82) is 0 Å². The van der Waals surface area contributed by atoms with Gasteiger partial charge in [0.15, 0.2) is 5.79 Å². The summed E-state index contributed by atoms with van der Waals surface area (Å²) in [6.45, 7) is 8.50. The summed E-state index contributed by atoms with van der Waals surface area (Å²) in [5, 5.41) is 0. The van der Waals surface area contributed by atoms with Crippen LogP contribution in [0.3, 0.4) is 0 Å². The molecule has 0 N–H and O–H groups in total. The highest BCUT2D eigenvalue weighted by atomic mass is 16.7. The molecular formula is C17H26O3. The van der Waals surface area contributed by atoms with E-state index in [1.54, 1.807) is 0 Å². The molecular weight excluding hydrogens is 252 g/mol. The number of hydrogen-bond donors (Lipinski definition) is 0. The lowest BCUT2D eigenvalue weighted by Gasteiger charge is -2.37. The average Bonchev–Trinajstić information content (AvgIpc) is 2.49. The van der Waals surface area contributed by atoms with Crippen LogP contribution in [0.2, 0.25) is 0 Å². The van der Waals surface area contributed by atoms with Crippen molar-refractivity contribution in [3.8, 4) is 5.75 Å². The Labute approximate surface area is 122 Å². The summed E-state index contributed by atoms with van der Waals surface area (Å²) in [7, 11) is 0. The Balaban J connectivity index is 1.87. The minimum atomic E-state index is -0.403. The van der Waals surface area contributed by atoms with Crippen molar-refractivity contribution in [1.82, 2.24) is 0 Å². The maximum atomic E-state index is 5.84. The van der Waals surface area contributed by atoms with E-state index in [2.05, 4.69) is 26.0 Å². The van der Waals surface area contributed by atoms with Gasteiger partial charge in [-0.3, -0.25) is 0 Å². The first-order chi connectivity index (χ1) is 9.67. The third-order valence-electron chi connectivity index (χ3n) is 3.94. The van der Waals surface area contributed by atoms with Gasteiger partial charge in [-0.05, 0) is 37.5 Å². The van der Waals surface area contributed by atoms with Crippen LogP contribution in [0.15, 0.2) is 24.3 Å². The first kappa shape index (κ1) is 15.3. The zero-order valence-corrected chi connectivity index (χ0v) is 12.9. The minimum absolute atomic E-state index is 0.319. The van der Waals surface area contributed by atoms with E-state index in [9.17, 15) is 0 Å². The van der Waals surface area contributed by atoms with Crippen LogP contribution in [0.5, 0.6) is 5.75 Å². The van der Waals surface area contributed by atoms with Crippen molar-refractivity contribution in [2.75, 3.05) is 19.8 Å². The minimum Gasteiger partial charge on any atom is -0.494 e. The zero-order valence-electron chi connectivity index (χ0n) is 12.9. The lowest BCUT2D eigenvalue weighted by molar-refractivity contribution is -0.263. The molecule has 3 heteroatoms. The molecule has 20 heavy (non-hydrogen) atoms. The van der Waals surface area contributed by atoms with Crippen molar-refractivity contribution < 1.29 is 14.2 Å². The van der Waals surface area contributed by atoms with Gasteiger partial charge in [0.1, 0.15) is 5.75 Å². The van der Waals surface area contributed by atoms with Gasteiger partial charge in [-0.25, -0.2) is 0 Å². The molecule has 1 fully saturated rings. The second-order valence-electron chi connectivity index (χ2n) is 5.58. The van der Waals surface area contributed by atoms with E-state index in [-0.39, 0.29) is 0 Å². The van der Waals surface area contributed by atoms with Gasteiger partial charge >= 0.3 is 0 Å². The second-order valence-corrected chi connectivity index (χ2v) is 5.58. The van der Waals surface area contributed by atoms with Gasteiger partial charge in [0.2, 0.25) is 0 Å². The molecule has 1 aliphatic heterocycles. The molecule has 0 aromatic heterocycles. The van der Waals surface area contributed by atoms with Crippen molar-refractivity contribution >= 4 is 0 Å². The molecule has 1 aromatic rings. The van der Waals surface area contributed by atoms with Gasteiger partial charge < -0.3 is 14.2 Å². The standard InChI is InChI=1S/C17H26O3/c1-4-6-11-18-16-9-7-14(8-10-16)15-12-19-17(3,5-2)20-13-15/h7-10,15H,4-6,11-13H2,1-3H3/t15-,17-. The molecule has 2 rings (SSSR count). The van der Waals surface area contributed by atoms with Crippen LogP contribution in [0.4, 0.5) is 0 Å². The van der Waals surface area contributed by atoms with E-state index in [0.29, 0.717) is 5.92 Å². The molecule has 0 radical (unpaired) electrons. The molecule has 112 valence electrons. The fourth-order valence-electron chi connectivity index (χ4n) is 2.21. The van der Waals surface area contributed by atoms with Crippen LogP contribution in [0.25, 0.3) is 0 Å². The molecule has 1 aromatic carbocycles. The van der Waals surface area contributed by atoms with Crippen LogP contribution >= 0.6 is 0 Å². The number of ether oxygens (including phenoxy) is 3. The maximum Gasteiger partial charge on any atom is 0.165 e. The molecule has 0 spiro atoms. The Morgan fingerprint density at radius 3 is 2.35 bits per heavy atom. The Bertz CT molecular complexity index is 391. The quantitative estimate of drug-likeness (QED) is 0.732. The molecule has 0 unspecified atom stereocenters. The molecule has 0 saturated carbocycles. The summed E-state index contributed by atoms with van der Waals surface area (Å²) < 4.78 is 17.4. The van der Waals surface area contributed by atoms with E-state index in [1.165, 1.54) is 5.56 Å². The number of rotatable bonds is 6. The lowest BCUT2D eigenvalue weighted by atomic mass is 9.99. The number of hydrogen-bond acceptors (Lipinski definition) is 3. The molecule has 1 heterocycles. The second kappa shape index (κ2) is 7.09. The first-order valence-corrected chi connectivity index (χ1v) is 7.67. The van der Waals surface area contributed by atoms with Crippen LogP contribution in [0, 0.1) is 0 Å². The average molecular weight is 278 g/mol. The molecule has 1 aliphatic rings. The van der Waals surface area contributed by atoms with Gasteiger partial charge in [-0.2, -0.15) is 0 Å². The van der Waals surface area contributed by atoms with Gasteiger partial charge in [0.25, 0.3) is 0 Å². The highest BCUT2D eigenvalue weighted by Gasteiger charge is 2.31. The monoisotopic (exact) mass is 278 g/mol. The fourth-order valence-corrected chi connectivity index (χ4v) is 2.21. The van der Waals surface area contributed by atoms with Gasteiger partial charge in [0.05, 0.1) is 19.8 Å². The normalized spacial score (nSPS) is 26.4. The Kier molecular flexibility index (Phi) is 5.44. The summed E-state index contributed by atoms with van der Waals surface area (Å²) in [6, 6.07) is 8.32. The fraction of sp³-hybridized carbons (Fsp3) is 0.647. The topological polar surface area (TPSA) is 27.7 Å². The number of benzene rings is 1. The third kappa shape index (κ3) is 3.97. The SMILES string of the molecule is CCCCOc1ccc([C@H]2CO[C@](C)(CC)OC2)cc1. The molecule has 0 bridgehead atoms. The molecule has 1 saturated heterocycles. The van der Waals surface area contributed by atoms with E-state index in [4.69, 9.17) is 14.2 Å². The van der Waals surface area contributed by atoms with E-state index >= 15 is 0 Å². The molecule has 3 nitrogen and oxygen atoms in total. The largest absolute Gasteiger partial charge is 0.494 e. The molecule has 0 aliphatic carbocycles. The van der Waals surface area contributed by atoms with E-state index in [1.807, 2.05) is 19.1 Å².